The third-order valence-electron chi connectivity index (χ3n) is 5.11. The fourth-order valence-corrected chi connectivity index (χ4v) is 3.59. The van der Waals surface area contributed by atoms with Gasteiger partial charge in [-0.1, -0.05) is 48.5 Å². The van der Waals surface area contributed by atoms with Crippen LogP contribution in [0.15, 0.2) is 72.8 Å². The summed E-state index contributed by atoms with van der Waals surface area (Å²) in [5.41, 5.74) is 4.20. The molecule has 0 bridgehead atoms. The van der Waals surface area contributed by atoms with E-state index in [0.717, 1.165) is 29.0 Å². The Balaban J connectivity index is 1.48. The quantitative estimate of drug-likeness (QED) is 0.724. The molecule has 0 radical (unpaired) electrons. The number of para-hydroxylation sites is 2. The molecule has 1 aliphatic heterocycles. The molecule has 4 heteroatoms. The largest absolute Gasteiger partial charge is 0.457 e. The summed E-state index contributed by atoms with van der Waals surface area (Å²) in [6.45, 7) is 0.599. The molecule has 1 aliphatic rings. The topological polar surface area (TPSA) is 41.6 Å². The monoisotopic (exact) mass is 372 g/mol. The summed E-state index contributed by atoms with van der Waals surface area (Å²) >= 11 is 0. The zero-order valence-corrected chi connectivity index (χ0v) is 16.2. The van der Waals surface area contributed by atoms with Crippen LogP contribution in [0.3, 0.4) is 0 Å². The molecule has 0 atom stereocenters. The van der Waals surface area contributed by atoms with Gasteiger partial charge in [-0.05, 0) is 36.2 Å². The first-order valence-corrected chi connectivity index (χ1v) is 9.53. The van der Waals surface area contributed by atoms with Gasteiger partial charge in [0.15, 0.2) is 0 Å². The minimum Gasteiger partial charge on any atom is -0.457 e. The first kappa shape index (κ1) is 18.1. The average molecular weight is 372 g/mol. The molecule has 1 N–H and O–H groups in total. The van der Waals surface area contributed by atoms with Crippen molar-refractivity contribution in [1.29, 1.82) is 0 Å². The lowest BCUT2D eigenvalue weighted by Gasteiger charge is -2.27. The van der Waals surface area contributed by atoms with Crippen LogP contribution < -0.4 is 15.0 Å². The maximum Gasteiger partial charge on any atom is 0.232 e. The Morgan fingerprint density at radius 3 is 2.04 bits per heavy atom. The van der Waals surface area contributed by atoms with E-state index in [-0.39, 0.29) is 11.8 Å². The van der Waals surface area contributed by atoms with E-state index < -0.39 is 0 Å². The zero-order chi connectivity index (χ0) is 19.5. The summed E-state index contributed by atoms with van der Waals surface area (Å²) in [6, 6.07) is 23.9. The van der Waals surface area contributed by atoms with E-state index in [9.17, 15) is 4.79 Å². The summed E-state index contributed by atoms with van der Waals surface area (Å²) in [5, 5.41) is 3.12. The number of rotatable bonds is 5. The molecule has 1 heterocycles. The van der Waals surface area contributed by atoms with Crippen LogP contribution in [-0.4, -0.2) is 26.5 Å². The van der Waals surface area contributed by atoms with Gasteiger partial charge in [-0.2, -0.15) is 0 Å². The number of carbonyl (C=O) groups excluding carboxylic acids is 1. The number of benzene rings is 3. The van der Waals surface area contributed by atoms with E-state index in [4.69, 9.17) is 4.74 Å². The van der Waals surface area contributed by atoms with E-state index in [0.29, 0.717) is 6.54 Å². The van der Waals surface area contributed by atoms with Gasteiger partial charge in [0.05, 0.1) is 5.92 Å². The van der Waals surface area contributed by atoms with Gasteiger partial charge in [-0.3, -0.25) is 4.79 Å². The third kappa shape index (κ3) is 3.58. The maximum absolute atomic E-state index is 13.1. The van der Waals surface area contributed by atoms with Gasteiger partial charge in [-0.25, -0.2) is 0 Å². The molecule has 0 saturated carbocycles. The van der Waals surface area contributed by atoms with Crippen molar-refractivity contribution in [3.05, 3.63) is 89.5 Å². The standard InChI is InChI=1S/C24H24N2O2/c1-26(2)18-13-11-17(12-14-18)15-16-25-24(27)23-19-7-3-5-9-21(19)28-22-10-6-4-8-20(22)23/h3-14,23H,15-16H2,1-2H3,(H,25,27). The van der Waals surface area contributed by atoms with Crippen LogP contribution in [0.4, 0.5) is 5.69 Å². The van der Waals surface area contributed by atoms with Gasteiger partial charge < -0.3 is 15.0 Å². The number of ether oxygens (including phenoxy) is 1. The molecule has 4 rings (SSSR count). The lowest BCUT2D eigenvalue weighted by atomic mass is 9.87. The van der Waals surface area contributed by atoms with Crippen LogP contribution in [0.25, 0.3) is 0 Å². The molecule has 142 valence electrons. The molecule has 28 heavy (non-hydrogen) atoms. The number of amides is 1. The number of hydrogen-bond donors (Lipinski definition) is 1. The van der Waals surface area contributed by atoms with E-state index in [1.54, 1.807) is 0 Å². The fourth-order valence-electron chi connectivity index (χ4n) is 3.59. The van der Waals surface area contributed by atoms with Crippen LogP contribution in [0.5, 0.6) is 11.5 Å². The molecule has 4 nitrogen and oxygen atoms in total. The van der Waals surface area contributed by atoms with Crippen LogP contribution in [-0.2, 0) is 11.2 Å². The first-order valence-electron chi connectivity index (χ1n) is 9.53. The van der Waals surface area contributed by atoms with Crippen LogP contribution in [0, 0.1) is 0 Å². The van der Waals surface area contributed by atoms with Crippen molar-refractivity contribution in [2.75, 3.05) is 25.5 Å². The molecular weight excluding hydrogens is 348 g/mol. The number of nitrogens with one attached hydrogen (secondary N) is 1. The Labute approximate surface area is 165 Å². The zero-order valence-electron chi connectivity index (χ0n) is 16.2. The van der Waals surface area contributed by atoms with Crippen molar-refractivity contribution in [1.82, 2.24) is 5.32 Å². The van der Waals surface area contributed by atoms with E-state index in [1.807, 2.05) is 62.6 Å². The number of hydrogen-bond acceptors (Lipinski definition) is 3. The van der Waals surface area contributed by atoms with Crippen molar-refractivity contribution < 1.29 is 9.53 Å². The van der Waals surface area contributed by atoms with Crippen molar-refractivity contribution in [3.8, 4) is 11.5 Å². The Kier molecular flexibility index (Phi) is 5.02. The van der Waals surface area contributed by atoms with E-state index >= 15 is 0 Å². The molecule has 0 fully saturated rings. The lowest BCUT2D eigenvalue weighted by molar-refractivity contribution is -0.121. The second kappa shape index (κ2) is 7.77. The number of carbonyl (C=O) groups is 1. The normalized spacial score (nSPS) is 12.5. The Hall–Kier alpha value is -3.27. The summed E-state index contributed by atoms with van der Waals surface area (Å²) in [6.07, 6.45) is 0.798. The van der Waals surface area contributed by atoms with Gasteiger partial charge >= 0.3 is 0 Å². The predicted octanol–water partition coefficient (Wildman–Crippen LogP) is 4.35. The number of anilines is 1. The molecule has 0 saturated heterocycles. The summed E-state index contributed by atoms with van der Waals surface area (Å²) in [4.78, 5) is 15.2. The molecule has 3 aromatic rings. The maximum atomic E-state index is 13.1. The van der Waals surface area contributed by atoms with E-state index in [2.05, 4.69) is 34.5 Å². The average Bonchev–Trinajstić information content (AvgIpc) is 2.72. The Morgan fingerprint density at radius 1 is 0.893 bits per heavy atom. The molecule has 0 aromatic heterocycles. The second-order valence-electron chi connectivity index (χ2n) is 7.21. The minimum atomic E-state index is -0.350. The highest BCUT2D eigenvalue weighted by Gasteiger charge is 2.32. The highest BCUT2D eigenvalue weighted by atomic mass is 16.5. The molecular formula is C24H24N2O2. The second-order valence-corrected chi connectivity index (χ2v) is 7.21. The third-order valence-corrected chi connectivity index (χ3v) is 5.11. The van der Waals surface area contributed by atoms with Gasteiger partial charge in [0.2, 0.25) is 5.91 Å². The van der Waals surface area contributed by atoms with E-state index in [1.165, 1.54) is 11.3 Å². The summed E-state index contributed by atoms with van der Waals surface area (Å²) in [5.74, 6) is 1.16. The van der Waals surface area contributed by atoms with Gasteiger partial charge in [0, 0.05) is 37.5 Å². The molecule has 0 spiro atoms. The van der Waals surface area contributed by atoms with Gasteiger partial charge in [-0.15, -0.1) is 0 Å². The van der Waals surface area contributed by atoms with Crippen LogP contribution >= 0.6 is 0 Å². The van der Waals surface area contributed by atoms with Crippen LogP contribution in [0.2, 0.25) is 0 Å². The predicted molar refractivity (Wildman–Crippen MR) is 112 cm³/mol. The molecule has 0 unspecified atom stereocenters. The number of fused-ring (bicyclic) bond motifs is 2. The fraction of sp³-hybridized carbons (Fsp3) is 0.208. The Bertz CT molecular complexity index is 934. The van der Waals surface area contributed by atoms with Gasteiger partial charge in [0.25, 0.3) is 0 Å². The summed E-state index contributed by atoms with van der Waals surface area (Å²) in [7, 11) is 4.05. The first-order chi connectivity index (χ1) is 13.6. The van der Waals surface area contributed by atoms with Crippen molar-refractivity contribution in [2.24, 2.45) is 0 Å². The van der Waals surface area contributed by atoms with Crippen molar-refractivity contribution >= 4 is 11.6 Å². The highest BCUT2D eigenvalue weighted by Crippen LogP contribution is 2.43. The summed E-state index contributed by atoms with van der Waals surface area (Å²) < 4.78 is 5.98. The molecule has 3 aromatic carbocycles. The van der Waals surface area contributed by atoms with Crippen LogP contribution in [0.1, 0.15) is 22.6 Å². The molecule has 0 aliphatic carbocycles. The van der Waals surface area contributed by atoms with Crippen molar-refractivity contribution in [2.45, 2.75) is 12.3 Å². The van der Waals surface area contributed by atoms with Crippen molar-refractivity contribution in [3.63, 3.8) is 0 Å². The lowest BCUT2D eigenvalue weighted by Crippen LogP contribution is -2.33. The Morgan fingerprint density at radius 2 is 1.46 bits per heavy atom. The number of nitrogens with zero attached hydrogens (tertiary/aromatic N) is 1. The smallest absolute Gasteiger partial charge is 0.232 e. The molecule has 1 amide bonds. The minimum absolute atomic E-state index is 0.00751. The van der Waals surface area contributed by atoms with Gasteiger partial charge in [0.1, 0.15) is 11.5 Å². The SMILES string of the molecule is CN(C)c1ccc(CCNC(=O)C2c3ccccc3Oc3ccccc32)cc1. The highest BCUT2D eigenvalue weighted by molar-refractivity contribution is 5.89.